The maximum atomic E-state index is 11.7. The van der Waals surface area contributed by atoms with Crippen molar-refractivity contribution in [3.05, 3.63) is 34.2 Å². The summed E-state index contributed by atoms with van der Waals surface area (Å²) in [6.45, 7) is 4.96. The standard InChI is InChI=1S/C12H18N2O4/c1-3-17-11(18-4-2)8-14-12(16)9-5-6-13-10(15)7-9/h5-7,11H,3-4,8H2,1-2H3,(H,13,15)(H,14,16). The van der Waals surface area contributed by atoms with Crippen molar-refractivity contribution >= 4 is 5.91 Å². The number of aromatic amines is 1. The first-order valence-electron chi connectivity index (χ1n) is 5.87. The zero-order chi connectivity index (χ0) is 13.4. The largest absolute Gasteiger partial charge is 0.351 e. The number of carbonyl (C=O) groups is 1. The van der Waals surface area contributed by atoms with Gasteiger partial charge in [-0.3, -0.25) is 9.59 Å². The molecule has 1 aromatic heterocycles. The van der Waals surface area contributed by atoms with E-state index in [-0.39, 0.29) is 18.0 Å². The Morgan fingerprint density at radius 2 is 2.06 bits per heavy atom. The first kappa shape index (κ1) is 14.4. The summed E-state index contributed by atoms with van der Waals surface area (Å²) in [4.78, 5) is 25.2. The second kappa shape index (κ2) is 7.62. The Morgan fingerprint density at radius 1 is 1.39 bits per heavy atom. The molecule has 1 aromatic rings. The van der Waals surface area contributed by atoms with Crippen LogP contribution in [0, 0.1) is 0 Å². The molecule has 0 saturated heterocycles. The van der Waals surface area contributed by atoms with E-state index in [1.807, 2.05) is 13.8 Å². The van der Waals surface area contributed by atoms with Gasteiger partial charge in [-0.2, -0.15) is 0 Å². The summed E-state index contributed by atoms with van der Waals surface area (Å²) < 4.78 is 10.6. The molecular formula is C12H18N2O4. The van der Waals surface area contributed by atoms with E-state index in [1.54, 1.807) is 0 Å². The molecule has 0 radical (unpaired) electrons. The topological polar surface area (TPSA) is 80.4 Å². The molecule has 0 bridgehead atoms. The number of rotatable bonds is 7. The van der Waals surface area contributed by atoms with Crippen molar-refractivity contribution in [2.75, 3.05) is 19.8 Å². The number of amides is 1. The SMILES string of the molecule is CCOC(CNC(=O)c1cc[nH]c(=O)c1)OCC. The first-order valence-corrected chi connectivity index (χ1v) is 5.87. The Hall–Kier alpha value is -1.66. The van der Waals surface area contributed by atoms with Gasteiger partial charge >= 0.3 is 0 Å². The van der Waals surface area contributed by atoms with Crippen molar-refractivity contribution in [2.24, 2.45) is 0 Å². The van der Waals surface area contributed by atoms with Gasteiger partial charge in [0.25, 0.3) is 5.91 Å². The summed E-state index contributed by atoms with van der Waals surface area (Å²) in [5.74, 6) is -0.328. The minimum Gasteiger partial charge on any atom is -0.351 e. The number of hydrogen-bond donors (Lipinski definition) is 2. The Morgan fingerprint density at radius 3 is 2.61 bits per heavy atom. The Balaban J connectivity index is 2.51. The maximum absolute atomic E-state index is 11.7. The normalized spacial score (nSPS) is 10.6. The molecule has 6 nitrogen and oxygen atoms in total. The molecule has 18 heavy (non-hydrogen) atoms. The number of H-pyrrole nitrogens is 1. The van der Waals surface area contributed by atoms with Crippen LogP contribution in [0.4, 0.5) is 0 Å². The minimum absolute atomic E-state index is 0.243. The summed E-state index contributed by atoms with van der Waals surface area (Å²) in [5.41, 5.74) is -0.000636. The van der Waals surface area contributed by atoms with E-state index in [9.17, 15) is 9.59 Å². The fourth-order valence-corrected chi connectivity index (χ4v) is 1.40. The highest BCUT2D eigenvalue weighted by molar-refractivity contribution is 5.93. The number of aromatic nitrogens is 1. The fraction of sp³-hybridized carbons (Fsp3) is 0.500. The van der Waals surface area contributed by atoms with Crippen molar-refractivity contribution in [3.8, 4) is 0 Å². The van der Waals surface area contributed by atoms with Gasteiger partial charge in [-0.15, -0.1) is 0 Å². The van der Waals surface area contributed by atoms with Gasteiger partial charge in [0.15, 0.2) is 6.29 Å². The highest BCUT2D eigenvalue weighted by Crippen LogP contribution is 1.96. The van der Waals surface area contributed by atoms with Crippen molar-refractivity contribution < 1.29 is 14.3 Å². The zero-order valence-electron chi connectivity index (χ0n) is 10.6. The van der Waals surface area contributed by atoms with E-state index in [2.05, 4.69) is 10.3 Å². The molecule has 0 aliphatic carbocycles. The summed E-state index contributed by atoms with van der Waals surface area (Å²) >= 11 is 0. The number of hydrogen-bond acceptors (Lipinski definition) is 4. The highest BCUT2D eigenvalue weighted by atomic mass is 16.7. The van der Waals surface area contributed by atoms with Crippen molar-refractivity contribution in [3.63, 3.8) is 0 Å². The molecule has 2 N–H and O–H groups in total. The van der Waals surface area contributed by atoms with Crippen LogP contribution in [0.1, 0.15) is 24.2 Å². The van der Waals surface area contributed by atoms with Gasteiger partial charge in [-0.1, -0.05) is 0 Å². The minimum atomic E-state index is -0.467. The molecule has 0 fully saturated rings. The summed E-state index contributed by atoms with van der Waals surface area (Å²) in [7, 11) is 0. The number of ether oxygens (including phenoxy) is 2. The van der Waals surface area contributed by atoms with Gasteiger partial charge in [0.2, 0.25) is 5.56 Å². The van der Waals surface area contributed by atoms with Crippen molar-refractivity contribution in [1.82, 2.24) is 10.3 Å². The molecule has 1 heterocycles. The number of carbonyl (C=O) groups excluding carboxylic acids is 1. The van der Waals surface area contributed by atoms with E-state index in [0.717, 1.165) is 0 Å². The van der Waals surface area contributed by atoms with Crippen LogP contribution in [0.3, 0.4) is 0 Å². The van der Waals surface area contributed by atoms with E-state index in [4.69, 9.17) is 9.47 Å². The Kier molecular flexibility index (Phi) is 6.10. The van der Waals surface area contributed by atoms with E-state index < -0.39 is 6.29 Å². The van der Waals surface area contributed by atoms with Crippen molar-refractivity contribution in [1.29, 1.82) is 0 Å². The quantitative estimate of drug-likeness (QED) is 0.694. The summed E-state index contributed by atoms with van der Waals surface area (Å²) in [5, 5.41) is 2.65. The molecule has 1 rings (SSSR count). The number of pyridine rings is 1. The lowest BCUT2D eigenvalue weighted by molar-refractivity contribution is -0.131. The zero-order valence-corrected chi connectivity index (χ0v) is 10.6. The molecule has 0 aromatic carbocycles. The second-order valence-corrected chi connectivity index (χ2v) is 3.49. The van der Waals surface area contributed by atoms with Gasteiger partial charge in [0, 0.05) is 31.0 Å². The van der Waals surface area contributed by atoms with Crippen LogP contribution in [-0.4, -0.2) is 36.9 Å². The maximum Gasteiger partial charge on any atom is 0.251 e. The van der Waals surface area contributed by atoms with Gasteiger partial charge in [0.05, 0.1) is 6.54 Å². The van der Waals surface area contributed by atoms with Crippen LogP contribution in [0.15, 0.2) is 23.1 Å². The lowest BCUT2D eigenvalue weighted by Gasteiger charge is -2.17. The van der Waals surface area contributed by atoms with Crippen LogP contribution in [0.2, 0.25) is 0 Å². The molecule has 0 aliphatic rings. The molecule has 0 atom stereocenters. The van der Waals surface area contributed by atoms with Crippen LogP contribution in [-0.2, 0) is 9.47 Å². The predicted molar refractivity (Wildman–Crippen MR) is 66.4 cm³/mol. The average molecular weight is 254 g/mol. The lowest BCUT2D eigenvalue weighted by Crippen LogP contribution is -2.35. The molecule has 0 saturated carbocycles. The third-order valence-corrected chi connectivity index (χ3v) is 2.17. The lowest BCUT2D eigenvalue weighted by atomic mass is 10.2. The number of nitrogens with one attached hydrogen (secondary N) is 2. The van der Waals surface area contributed by atoms with Crippen LogP contribution in [0.5, 0.6) is 0 Å². The smallest absolute Gasteiger partial charge is 0.251 e. The summed E-state index contributed by atoms with van der Waals surface area (Å²) in [6.07, 6.45) is 0.964. The highest BCUT2D eigenvalue weighted by Gasteiger charge is 2.11. The third-order valence-electron chi connectivity index (χ3n) is 2.17. The Labute approximate surface area is 105 Å². The molecule has 0 aliphatic heterocycles. The van der Waals surface area contributed by atoms with E-state index in [1.165, 1.54) is 18.3 Å². The average Bonchev–Trinajstić information content (AvgIpc) is 2.36. The van der Waals surface area contributed by atoms with Crippen molar-refractivity contribution in [2.45, 2.75) is 20.1 Å². The van der Waals surface area contributed by atoms with E-state index in [0.29, 0.717) is 18.8 Å². The van der Waals surface area contributed by atoms with Gasteiger partial charge in [0.1, 0.15) is 0 Å². The monoisotopic (exact) mass is 254 g/mol. The third kappa shape index (κ3) is 4.68. The molecule has 1 amide bonds. The predicted octanol–water partition coefficient (Wildman–Crippen LogP) is 0.504. The Bertz CT molecular complexity index is 424. The molecule has 0 unspecified atom stereocenters. The second-order valence-electron chi connectivity index (χ2n) is 3.49. The molecule has 6 heteroatoms. The van der Waals surface area contributed by atoms with E-state index >= 15 is 0 Å². The molecular weight excluding hydrogens is 236 g/mol. The molecule has 0 spiro atoms. The summed E-state index contributed by atoms with van der Waals surface area (Å²) in [6, 6.07) is 2.78. The van der Waals surface area contributed by atoms with Crippen LogP contribution >= 0.6 is 0 Å². The fourth-order valence-electron chi connectivity index (χ4n) is 1.40. The van der Waals surface area contributed by atoms with Crippen LogP contribution in [0.25, 0.3) is 0 Å². The van der Waals surface area contributed by atoms with Crippen LogP contribution < -0.4 is 10.9 Å². The van der Waals surface area contributed by atoms with Gasteiger partial charge in [-0.05, 0) is 19.9 Å². The molecule has 100 valence electrons. The van der Waals surface area contributed by atoms with Gasteiger partial charge < -0.3 is 19.8 Å². The van der Waals surface area contributed by atoms with Gasteiger partial charge in [-0.25, -0.2) is 0 Å². The first-order chi connectivity index (χ1) is 8.67.